The molecule has 158 valence electrons. The molecule has 0 aliphatic heterocycles. The smallest absolute Gasteiger partial charge is 0.191 e. The Kier molecular flexibility index (Phi) is 6.12. The number of aromatic nitrogens is 4. The zero-order valence-electron chi connectivity index (χ0n) is 18.1. The molecule has 31 heavy (non-hydrogen) atoms. The van der Waals surface area contributed by atoms with Crippen molar-refractivity contribution in [1.82, 2.24) is 30.2 Å². The molecule has 2 N–H and O–H groups in total. The van der Waals surface area contributed by atoms with Crippen molar-refractivity contribution in [2.24, 2.45) is 4.99 Å². The first-order chi connectivity index (χ1) is 15.1. The third-order valence-corrected chi connectivity index (χ3v) is 5.06. The van der Waals surface area contributed by atoms with Gasteiger partial charge in [0.15, 0.2) is 5.96 Å². The van der Waals surface area contributed by atoms with Crippen molar-refractivity contribution in [3.05, 3.63) is 95.6 Å². The summed E-state index contributed by atoms with van der Waals surface area (Å²) in [4.78, 5) is 4.36. The molecule has 2 aromatic carbocycles. The Hall–Kier alpha value is -3.87. The van der Waals surface area contributed by atoms with Gasteiger partial charge in [0.2, 0.25) is 0 Å². The Morgan fingerprint density at radius 2 is 1.74 bits per heavy atom. The maximum Gasteiger partial charge on any atom is 0.191 e. The van der Waals surface area contributed by atoms with E-state index in [1.807, 2.05) is 40.7 Å². The largest absolute Gasteiger partial charge is 0.352 e. The topological polar surface area (TPSA) is 72.1 Å². The maximum atomic E-state index is 4.63. The van der Waals surface area contributed by atoms with Crippen LogP contribution in [0.25, 0.3) is 11.4 Å². The minimum absolute atomic E-state index is 0.645. The lowest BCUT2D eigenvalue weighted by Gasteiger charge is -2.15. The second-order valence-corrected chi connectivity index (χ2v) is 7.36. The molecule has 7 heteroatoms. The Bertz CT molecular complexity index is 1160. The van der Waals surface area contributed by atoms with Crippen LogP contribution in [0.4, 0.5) is 0 Å². The van der Waals surface area contributed by atoms with Gasteiger partial charge in [0, 0.05) is 38.2 Å². The SMILES string of the molecule is CN=C(NCc1ccc(-n2cccn2)cc1)NCc1ccccc1-n1nc(C)cc1C. The summed E-state index contributed by atoms with van der Waals surface area (Å²) in [6.07, 6.45) is 3.71. The van der Waals surface area contributed by atoms with Gasteiger partial charge in [-0.25, -0.2) is 9.36 Å². The standard InChI is InChI=1S/C24H27N7/c1-18-15-19(2)31(29-18)23-8-5-4-7-21(23)17-27-24(25-3)26-16-20-9-11-22(12-10-20)30-14-6-13-28-30/h4-15H,16-17H2,1-3H3,(H2,25,26,27). The Morgan fingerprint density at radius 3 is 2.42 bits per heavy atom. The van der Waals surface area contributed by atoms with E-state index in [4.69, 9.17) is 0 Å². The van der Waals surface area contributed by atoms with E-state index < -0.39 is 0 Å². The summed E-state index contributed by atoms with van der Waals surface area (Å²) in [6.45, 7) is 5.41. The fourth-order valence-electron chi connectivity index (χ4n) is 3.51. The summed E-state index contributed by atoms with van der Waals surface area (Å²) in [5, 5.41) is 15.7. The van der Waals surface area contributed by atoms with Crippen molar-refractivity contribution >= 4 is 5.96 Å². The predicted molar refractivity (Wildman–Crippen MR) is 124 cm³/mol. The Morgan fingerprint density at radius 1 is 0.968 bits per heavy atom. The molecule has 4 aromatic rings. The lowest BCUT2D eigenvalue weighted by molar-refractivity contribution is 0.781. The summed E-state index contributed by atoms with van der Waals surface area (Å²) in [5.74, 6) is 0.749. The fourth-order valence-corrected chi connectivity index (χ4v) is 3.51. The molecule has 0 aliphatic carbocycles. The van der Waals surface area contributed by atoms with Crippen molar-refractivity contribution in [2.45, 2.75) is 26.9 Å². The molecule has 0 saturated heterocycles. The highest BCUT2D eigenvalue weighted by molar-refractivity contribution is 5.79. The van der Waals surface area contributed by atoms with E-state index in [-0.39, 0.29) is 0 Å². The van der Waals surface area contributed by atoms with Crippen LogP contribution in [0.15, 0.2) is 78.0 Å². The van der Waals surface area contributed by atoms with E-state index in [0.717, 1.165) is 34.3 Å². The second kappa shape index (κ2) is 9.30. The molecule has 0 aliphatic rings. The average molecular weight is 414 g/mol. The zero-order chi connectivity index (χ0) is 21.6. The van der Waals surface area contributed by atoms with Crippen LogP contribution < -0.4 is 10.6 Å². The second-order valence-electron chi connectivity index (χ2n) is 7.36. The van der Waals surface area contributed by atoms with E-state index in [9.17, 15) is 0 Å². The van der Waals surface area contributed by atoms with E-state index in [0.29, 0.717) is 13.1 Å². The molecule has 2 aromatic heterocycles. The minimum atomic E-state index is 0.645. The number of aryl methyl sites for hydroxylation is 2. The van der Waals surface area contributed by atoms with Crippen molar-refractivity contribution in [3.63, 3.8) is 0 Å². The van der Waals surface area contributed by atoms with Crippen LogP contribution in [0.3, 0.4) is 0 Å². The number of nitrogens with one attached hydrogen (secondary N) is 2. The monoisotopic (exact) mass is 413 g/mol. The Balaban J connectivity index is 1.38. The number of para-hydroxylation sites is 1. The van der Waals surface area contributed by atoms with Gasteiger partial charge in [-0.2, -0.15) is 10.2 Å². The molecular formula is C24H27N7. The molecule has 0 fully saturated rings. The summed E-state index contributed by atoms with van der Waals surface area (Å²) in [7, 11) is 1.78. The van der Waals surface area contributed by atoms with Gasteiger partial charge in [-0.1, -0.05) is 30.3 Å². The van der Waals surface area contributed by atoms with Gasteiger partial charge in [0.05, 0.1) is 17.1 Å². The molecule has 0 spiro atoms. The third kappa shape index (κ3) is 4.83. The van der Waals surface area contributed by atoms with Crippen LogP contribution >= 0.6 is 0 Å². The van der Waals surface area contributed by atoms with Gasteiger partial charge in [-0.15, -0.1) is 0 Å². The quantitative estimate of drug-likeness (QED) is 0.375. The van der Waals surface area contributed by atoms with Gasteiger partial charge in [-0.05, 0) is 55.3 Å². The average Bonchev–Trinajstić information content (AvgIpc) is 3.44. The first kappa shape index (κ1) is 20.4. The first-order valence-electron chi connectivity index (χ1n) is 10.3. The molecular weight excluding hydrogens is 386 g/mol. The minimum Gasteiger partial charge on any atom is -0.352 e. The van der Waals surface area contributed by atoms with E-state index in [1.165, 1.54) is 5.56 Å². The molecule has 0 radical (unpaired) electrons. The van der Waals surface area contributed by atoms with Crippen molar-refractivity contribution in [1.29, 1.82) is 0 Å². The zero-order valence-corrected chi connectivity index (χ0v) is 18.1. The predicted octanol–water partition coefficient (Wildman–Crippen LogP) is 3.54. The number of nitrogens with zero attached hydrogens (tertiary/aromatic N) is 5. The molecule has 0 saturated carbocycles. The molecule has 0 unspecified atom stereocenters. The van der Waals surface area contributed by atoms with E-state index in [2.05, 4.69) is 75.2 Å². The van der Waals surface area contributed by atoms with Gasteiger partial charge in [0.1, 0.15) is 0 Å². The van der Waals surface area contributed by atoms with Gasteiger partial charge in [-0.3, -0.25) is 4.99 Å². The molecule has 2 heterocycles. The number of hydrogen-bond donors (Lipinski definition) is 2. The summed E-state index contributed by atoms with van der Waals surface area (Å²) in [5.41, 5.74) is 6.56. The normalized spacial score (nSPS) is 11.5. The highest BCUT2D eigenvalue weighted by Crippen LogP contribution is 2.17. The molecule has 0 amide bonds. The van der Waals surface area contributed by atoms with E-state index >= 15 is 0 Å². The Labute approximate surface area is 182 Å². The summed E-state index contributed by atoms with van der Waals surface area (Å²) in [6, 6.07) is 20.6. The van der Waals surface area contributed by atoms with Crippen LogP contribution in [0.5, 0.6) is 0 Å². The van der Waals surface area contributed by atoms with Crippen LogP contribution in [0.1, 0.15) is 22.5 Å². The third-order valence-electron chi connectivity index (χ3n) is 5.06. The molecule has 0 bridgehead atoms. The van der Waals surface area contributed by atoms with Crippen molar-refractivity contribution in [3.8, 4) is 11.4 Å². The first-order valence-corrected chi connectivity index (χ1v) is 10.3. The number of hydrogen-bond acceptors (Lipinski definition) is 3. The van der Waals surface area contributed by atoms with Gasteiger partial charge in [0.25, 0.3) is 0 Å². The highest BCUT2D eigenvalue weighted by atomic mass is 15.3. The van der Waals surface area contributed by atoms with Crippen molar-refractivity contribution < 1.29 is 0 Å². The number of aliphatic imine (C=N–C) groups is 1. The van der Waals surface area contributed by atoms with E-state index in [1.54, 1.807) is 13.2 Å². The number of guanidine groups is 1. The lowest BCUT2D eigenvalue weighted by atomic mass is 10.1. The lowest BCUT2D eigenvalue weighted by Crippen LogP contribution is -2.36. The van der Waals surface area contributed by atoms with Gasteiger partial charge < -0.3 is 10.6 Å². The number of benzene rings is 2. The highest BCUT2D eigenvalue weighted by Gasteiger charge is 2.09. The summed E-state index contributed by atoms with van der Waals surface area (Å²) < 4.78 is 3.83. The molecule has 4 rings (SSSR count). The van der Waals surface area contributed by atoms with Crippen LogP contribution in [-0.4, -0.2) is 32.6 Å². The fraction of sp³-hybridized carbons (Fsp3) is 0.208. The number of rotatable bonds is 6. The summed E-state index contributed by atoms with van der Waals surface area (Å²) >= 11 is 0. The van der Waals surface area contributed by atoms with Crippen LogP contribution in [0, 0.1) is 13.8 Å². The molecule has 0 atom stereocenters. The van der Waals surface area contributed by atoms with Gasteiger partial charge >= 0.3 is 0 Å². The molecule has 7 nitrogen and oxygen atoms in total. The van der Waals surface area contributed by atoms with Crippen molar-refractivity contribution in [2.75, 3.05) is 7.05 Å². The van der Waals surface area contributed by atoms with Crippen LogP contribution in [-0.2, 0) is 13.1 Å². The van der Waals surface area contributed by atoms with Crippen LogP contribution in [0.2, 0.25) is 0 Å². The maximum absolute atomic E-state index is 4.63.